The van der Waals surface area contributed by atoms with Crippen LogP contribution in [0.5, 0.6) is 0 Å². The van der Waals surface area contributed by atoms with E-state index in [0.717, 1.165) is 12.0 Å². The number of urea groups is 1. The van der Waals surface area contributed by atoms with Crippen molar-refractivity contribution in [1.29, 1.82) is 0 Å². The topological polar surface area (TPSA) is 84.5 Å². The molecule has 1 aromatic carbocycles. The molecule has 0 unspecified atom stereocenters. The first-order valence-electron chi connectivity index (χ1n) is 7.17. The third-order valence-corrected chi connectivity index (χ3v) is 4.34. The van der Waals surface area contributed by atoms with E-state index in [0.29, 0.717) is 22.3 Å². The Morgan fingerprint density at radius 2 is 1.96 bits per heavy atom. The third-order valence-electron chi connectivity index (χ3n) is 2.63. The van der Waals surface area contributed by atoms with Crippen LogP contribution in [0.25, 0.3) is 0 Å². The summed E-state index contributed by atoms with van der Waals surface area (Å²) in [5.74, 6) is -0.580. The predicted octanol–water partition coefficient (Wildman–Crippen LogP) is 3.01. The Bertz CT molecular complexity index is 599. The minimum atomic E-state index is -0.675. The molecule has 6 nitrogen and oxygen atoms in total. The van der Waals surface area contributed by atoms with Gasteiger partial charge in [0.15, 0.2) is 6.61 Å². The molecular formula is C15H18Cl2N2O4S. The van der Waals surface area contributed by atoms with E-state index in [1.165, 1.54) is 11.8 Å². The number of ether oxygens (including phenoxy) is 1. The normalized spacial score (nSPS) is 10.1. The predicted molar refractivity (Wildman–Crippen MR) is 95.4 cm³/mol. The van der Waals surface area contributed by atoms with Crippen molar-refractivity contribution < 1.29 is 19.1 Å². The van der Waals surface area contributed by atoms with Crippen LogP contribution < -0.4 is 10.6 Å². The second-order valence-corrected chi connectivity index (χ2v) is 6.51. The zero-order chi connectivity index (χ0) is 17.9. The lowest BCUT2D eigenvalue weighted by atomic mass is 10.2. The first-order valence-corrected chi connectivity index (χ1v) is 9.08. The lowest BCUT2D eigenvalue weighted by Gasteiger charge is -2.07. The molecule has 1 rings (SSSR count). The fourth-order valence-corrected chi connectivity index (χ4v) is 2.60. The van der Waals surface area contributed by atoms with Crippen molar-refractivity contribution in [2.45, 2.75) is 19.1 Å². The highest BCUT2D eigenvalue weighted by Gasteiger charge is 2.10. The fourth-order valence-electron chi connectivity index (χ4n) is 1.51. The second kappa shape index (κ2) is 11.2. The first-order chi connectivity index (χ1) is 11.4. The van der Waals surface area contributed by atoms with Gasteiger partial charge in [0.2, 0.25) is 0 Å². The summed E-state index contributed by atoms with van der Waals surface area (Å²) >= 11 is 13.0. The number of halogens is 2. The quantitative estimate of drug-likeness (QED) is 0.664. The van der Waals surface area contributed by atoms with Gasteiger partial charge < -0.3 is 10.1 Å². The zero-order valence-electron chi connectivity index (χ0n) is 13.1. The molecule has 0 aliphatic heterocycles. The van der Waals surface area contributed by atoms with Gasteiger partial charge in [-0.3, -0.25) is 14.9 Å². The molecule has 1 aromatic rings. The monoisotopic (exact) mass is 392 g/mol. The maximum Gasteiger partial charge on any atom is 0.321 e. The van der Waals surface area contributed by atoms with Gasteiger partial charge in [-0.05, 0) is 24.1 Å². The number of hydrogen-bond donors (Lipinski definition) is 2. The summed E-state index contributed by atoms with van der Waals surface area (Å²) in [6.07, 6.45) is 0.757. The van der Waals surface area contributed by atoms with Gasteiger partial charge in [0.05, 0.1) is 15.8 Å². The van der Waals surface area contributed by atoms with Crippen molar-refractivity contribution in [3.63, 3.8) is 0 Å². The van der Waals surface area contributed by atoms with Crippen molar-refractivity contribution in [2.75, 3.05) is 18.9 Å². The van der Waals surface area contributed by atoms with E-state index in [2.05, 4.69) is 10.6 Å². The van der Waals surface area contributed by atoms with Gasteiger partial charge >= 0.3 is 12.0 Å². The lowest BCUT2D eigenvalue weighted by molar-refractivity contribution is -0.145. The van der Waals surface area contributed by atoms with Crippen molar-refractivity contribution in [3.8, 4) is 0 Å². The lowest BCUT2D eigenvalue weighted by Crippen LogP contribution is -2.41. The van der Waals surface area contributed by atoms with Crippen LogP contribution in [0.4, 0.5) is 4.79 Å². The van der Waals surface area contributed by atoms with E-state index in [1.807, 2.05) is 13.0 Å². The second-order valence-electron chi connectivity index (χ2n) is 4.71. The number of carbonyl (C=O) groups excluding carboxylic acids is 3. The van der Waals surface area contributed by atoms with Crippen LogP contribution in [0, 0.1) is 0 Å². The maximum absolute atomic E-state index is 11.5. The molecule has 0 heterocycles. The Morgan fingerprint density at radius 1 is 1.21 bits per heavy atom. The summed E-state index contributed by atoms with van der Waals surface area (Å²) in [5, 5.41) is 5.46. The van der Waals surface area contributed by atoms with Crippen LogP contribution in [0.3, 0.4) is 0 Å². The number of rotatable bonds is 8. The van der Waals surface area contributed by atoms with Crippen LogP contribution in [-0.4, -0.2) is 36.8 Å². The molecule has 0 atom stereocenters. The van der Waals surface area contributed by atoms with E-state index < -0.39 is 24.5 Å². The fraction of sp³-hybridized carbons (Fsp3) is 0.400. The molecule has 0 saturated heterocycles. The van der Waals surface area contributed by atoms with Gasteiger partial charge in [0, 0.05) is 12.3 Å². The molecule has 0 aliphatic carbocycles. The zero-order valence-corrected chi connectivity index (χ0v) is 15.4. The summed E-state index contributed by atoms with van der Waals surface area (Å²) in [7, 11) is 0. The molecule has 0 fully saturated rings. The highest BCUT2D eigenvalue weighted by Crippen LogP contribution is 2.24. The van der Waals surface area contributed by atoms with Crippen LogP contribution in [-0.2, 0) is 20.1 Å². The molecular weight excluding hydrogens is 375 g/mol. The van der Waals surface area contributed by atoms with Crippen molar-refractivity contribution in [2.24, 2.45) is 0 Å². The van der Waals surface area contributed by atoms with E-state index in [4.69, 9.17) is 27.9 Å². The molecule has 2 N–H and O–H groups in total. The Hall–Kier alpha value is -1.44. The molecule has 0 aliphatic rings. The van der Waals surface area contributed by atoms with Crippen molar-refractivity contribution >= 4 is 52.9 Å². The maximum atomic E-state index is 11.5. The van der Waals surface area contributed by atoms with E-state index in [9.17, 15) is 14.4 Å². The number of esters is 1. The molecule has 132 valence electrons. The van der Waals surface area contributed by atoms with Crippen LogP contribution in [0.2, 0.25) is 10.0 Å². The summed E-state index contributed by atoms with van der Waals surface area (Å²) in [6, 6.07) is 4.62. The number of nitrogens with one attached hydrogen (secondary N) is 2. The highest BCUT2D eigenvalue weighted by atomic mass is 35.5. The van der Waals surface area contributed by atoms with Gasteiger partial charge in [-0.2, -0.15) is 0 Å². The summed E-state index contributed by atoms with van der Waals surface area (Å²) in [4.78, 5) is 34.2. The highest BCUT2D eigenvalue weighted by molar-refractivity contribution is 7.99. The minimum absolute atomic E-state index is 0.0789. The molecule has 0 saturated carbocycles. The van der Waals surface area contributed by atoms with Gasteiger partial charge in [0.25, 0.3) is 5.91 Å². The Balaban J connectivity index is 2.20. The number of imide groups is 1. The smallest absolute Gasteiger partial charge is 0.321 e. The van der Waals surface area contributed by atoms with Gasteiger partial charge in [-0.1, -0.05) is 36.2 Å². The van der Waals surface area contributed by atoms with Crippen LogP contribution >= 0.6 is 35.0 Å². The van der Waals surface area contributed by atoms with Gasteiger partial charge in [-0.15, -0.1) is 11.8 Å². The molecule has 0 bridgehead atoms. The van der Waals surface area contributed by atoms with Crippen LogP contribution in [0.15, 0.2) is 18.2 Å². The molecule has 9 heteroatoms. The average molecular weight is 393 g/mol. The molecule has 3 amide bonds. The number of benzene rings is 1. The third kappa shape index (κ3) is 8.42. The largest absolute Gasteiger partial charge is 0.455 e. The van der Waals surface area contributed by atoms with Crippen molar-refractivity contribution in [3.05, 3.63) is 33.8 Å². The van der Waals surface area contributed by atoms with E-state index >= 15 is 0 Å². The Labute approximate surface area is 154 Å². The molecule has 0 radical (unpaired) electrons. The SMILES string of the molecule is CCCNC(=O)NC(=O)COC(=O)CSCc1ccc(Cl)c(Cl)c1. The summed E-state index contributed by atoms with van der Waals surface area (Å²) in [5.41, 5.74) is 0.924. The van der Waals surface area contributed by atoms with Crippen molar-refractivity contribution in [1.82, 2.24) is 10.6 Å². The first kappa shape index (κ1) is 20.6. The van der Waals surface area contributed by atoms with Gasteiger partial charge in [-0.25, -0.2) is 4.79 Å². The number of hydrogen-bond acceptors (Lipinski definition) is 5. The Kier molecular flexibility index (Phi) is 9.59. The van der Waals surface area contributed by atoms with Gasteiger partial charge in [0.1, 0.15) is 0 Å². The van der Waals surface area contributed by atoms with Crippen LogP contribution in [0.1, 0.15) is 18.9 Å². The molecule has 0 spiro atoms. The number of thioether (sulfide) groups is 1. The Morgan fingerprint density at radius 3 is 2.62 bits per heavy atom. The molecule has 24 heavy (non-hydrogen) atoms. The minimum Gasteiger partial charge on any atom is -0.455 e. The van der Waals surface area contributed by atoms with E-state index in [1.54, 1.807) is 12.1 Å². The number of carbonyl (C=O) groups is 3. The van der Waals surface area contributed by atoms with E-state index in [-0.39, 0.29) is 5.75 Å². The average Bonchev–Trinajstić information content (AvgIpc) is 2.54. The summed E-state index contributed by atoms with van der Waals surface area (Å²) < 4.78 is 4.79. The number of amides is 3. The standard InChI is InChI=1S/C15H18Cl2N2O4S/c1-2-5-18-15(22)19-13(20)7-23-14(21)9-24-8-10-3-4-11(16)12(17)6-10/h3-4,6H,2,5,7-9H2,1H3,(H2,18,19,20,22). The summed E-state index contributed by atoms with van der Waals surface area (Å²) in [6.45, 7) is 1.86. The molecule has 0 aromatic heterocycles.